The second-order valence-corrected chi connectivity index (χ2v) is 5.18. The van der Waals surface area contributed by atoms with Crippen LogP contribution in [-0.2, 0) is 6.42 Å². The lowest BCUT2D eigenvalue weighted by atomic mass is 10.1. The molecule has 1 heterocycles. The molecule has 0 bridgehead atoms. The first-order chi connectivity index (χ1) is 8.47. The van der Waals surface area contributed by atoms with Crippen LogP contribution in [0.5, 0.6) is 0 Å². The Bertz CT molecular complexity index is 582. The minimum Gasteiger partial charge on any atom is -0.237 e. The van der Waals surface area contributed by atoms with Crippen LogP contribution >= 0.6 is 34.2 Å². The van der Waals surface area contributed by atoms with E-state index in [4.69, 9.17) is 11.6 Å². The largest absolute Gasteiger partial charge is 0.237 e. The van der Waals surface area contributed by atoms with Crippen LogP contribution in [0.25, 0.3) is 0 Å². The first-order valence-corrected chi connectivity index (χ1v) is 6.55. The van der Waals surface area contributed by atoms with Crippen molar-refractivity contribution in [3.05, 3.63) is 55.6 Å². The van der Waals surface area contributed by atoms with Gasteiger partial charge in [0.05, 0.1) is 9.26 Å². The van der Waals surface area contributed by atoms with Gasteiger partial charge in [-0.2, -0.15) is 0 Å². The minimum absolute atomic E-state index is 0.184. The Labute approximate surface area is 122 Å². The van der Waals surface area contributed by atoms with E-state index >= 15 is 0 Å². The fourth-order valence-electron chi connectivity index (χ4n) is 1.49. The summed E-state index contributed by atoms with van der Waals surface area (Å²) in [6.07, 6.45) is 0.184. The highest BCUT2D eigenvalue weighted by Crippen LogP contribution is 2.20. The van der Waals surface area contributed by atoms with Crippen LogP contribution in [-0.4, -0.2) is 9.97 Å². The first kappa shape index (κ1) is 13.6. The molecule has 0 amide bonds. The lowest BCUT2D eigenvalue weighted by Gasteiger charge is -2.06. The number of benzene rings is 1. The lowest BCUT2D eigenvalue weighted by molar-refractivity contribution is 0.573. The Morgan fingerprint density at radius 2 is 2.00 bits per heavy atom. The van der Waals surface area contributed by atoms with Gasteiger partial charge in [0.2, 0.25) is 0 Å². The Morgan fingerprint density at radius 3 is 2.61 bits per heavy atom. The van der Waals surface area contributed by atoms with E-state index < -0.39 is 11.6 Å². The average Bonchev–Trinajstić information content (AvgIpc) is 2.29. The third kappa shape index (κ3) is 2.95. The molecule has 1 aromatic heterocycles. The van der Waals surface area contributed by atoms with E-state index in [9.17, 15) is 8.78 Å². The molecule has 0 fully saturated rings. The zero-order chi connectivity index (χ0) is 13.3. The van der Waals surface area contributed by atoms with Crippen LogP contribution in [0, 0.1) is 22.1 Å². The molecule has 0 unspecified atom stereocenters. The Morgan fingerprint density at radius 1 is 1.28 bits per heavy atom. The second-order valence-electron chi connectivity index (χ2n) is 3.74. The van der Waals surface area contributed by atoms with E-state index in [1.165, 1.54) is 12.1 Å². The third-order valence-corrected chi connectivity index (χ3v) is 4.27. The monoisotopic (exact) mass is 380 g/mol. The Balaban J connectivity index is 2.34. The molecule has 0 radical (unpaired) electrons. The molecule has 2 nitrogen and oxygen atoms in total. The van der Waals surface area contributed by atoms with Crippen LogP contribution in [0.1, 0.15) is 17.1 Å². The summed E-state index contributed by atoms with van der Waals surface area (Å²) in [6, 6.07) is 3.44. The maximum atomic E-state index is 13.5. The van der Waals surface area contributed by atoms with E-state index in [1.807, 2.05) is 22.6 Å². The predicted molar refractivity (Wildman–Crippen MR) is 73.7 cm³/mol. The molecule has 0 N–H and O–H groups in total. The van der Waals surface area contributed by atoms with Crippen LogP contribution < -0.4 is 0 Å². The van der Waals surface area contributed by atoms with E-state index in [1.54, 1.807) is 6.92 Å². The Hall–Kier alpha value is -0.820. The summed E-state index contributed by atoms with van der Waals surface area (Å²) in [6.45, 7) is 1.81. The molecule has 1 aromatic carbocycles. The van der Waals surface area contributed by atoms with Gasteiger partial charge in [-0.3, -0.25) is 0 Å². The number of aryl methyl sites for hydroxylation is 1. The number of aromatic nitrogens is 2. The number of hydrogen-bond donors (Lipinski definition) is 0. The summed E-state index contributed by atoms with van der Waals surface area (Å²) in [5.74, 6) is -0.789. The van der Waals surface area contributed by atoms with Gasteiger partial charge in [0.1, 0.15) is 22.6 Å². The summed E-state index contributed by atoms with van der Waals surface area (Å²) in [5, 5.41) is 0.348. The number of hydrogen-bond acceptors (Lipinski definition) is 2. The van der Waals surface area contributed by atoms with Crippen molar-refractivity contribution in [2.75, 3.05) is 0 Å². The lowest BCUT2D eigenvalue weighted by Crippen LogP contribution is -2.03. The molecule has 0 spiro atoms. The van der Waals surface area contributed by atoms with Gasteiger partial charge < -0.3 is 0 Å². The van der Waals surface area contributed by atoms with Gasteiger partial charge in [-0.05, 0) is 41.1 Å². The molecule has 2 rings (SSSR count). The molecular weight excluding hydrogens is 372 g/mol. The SMILES string of the molecule is Cc1nc(Cc2ccc(F)cc2F)nc(Cl)c1I. The van der Waals surface area contributed by atoms with Gasteiger partial charge in [-0.25, -0.2) is 18.7 Å². The summed E-state index contributed by atoms with van der Waals surface area (Å²) in [7, 11) is 0. The van der Waals surface area contributed by atoms with Crippen molar-refractivity contribution in [3.8, 4) is 0 Å². The van der Waals surface area contributed by atoms with Gasteiger partial charge in [-0.15, -0.1) is 0 Å². The molecule has 18 heavy (non-hydrogen) atoms. The summed E-state index contributed by atoms with van der Waals surface area (Å²) < 4.78 is 27.0. The van der Waals surface area contributed by atoms with Crippen molar-refractivity contribution in [2.45, 2.75) is 13.3 Å². The van der Waals surface area contributed by atoms with Gasteiger partial charge in [0, 0.05) is 12.5 Å². The number of nitrogens with zero attached hydrogens (tertiary/aromatic N) is 2. The van der Waals surface area contributed by atoms with Gasteiger partial charge in [0.15, 0.2) is 0 Å². The standard InChI is InChI=1S/C12H8ClF2IN2/c1-6-11(16)12(13)18-10(17-6)4-7-2-3-8(14)5-9(7)15/h2-3,5H,4H2,1H3. The second kappa shape index (κ2) is 5.44. The predicted octanol–water partition coefficient (Wildman–Crippen LogP) is 3.91. The van der Waals surface area contributed by atoms with Gasteiger partial charge in [0.25, 0.3) is 0 Å². The molecular formula is C12H8ClF2IN2. The highest BCUT2D eigenvalue weighted by Gasteiger charge is 2.10. The minimum atomic E-state index is -0.606. The molecule has 0 atom stereocenters. The molecule has 94 valence electrons. The summed E-state index contributed by atoms with van der Waals surface area (Å²) in [4.78, 5) is 8.31. The highest BCUT2D eigenvalue weighted by molar-refractivity contribution is 14.1. The molecule has 2 aromatic rings. The first-order valence-electron chi connectivity index (χ1n) is 5.10. The van der Waals surface area contributed by atoms with Crippen molar-refractivity contribution in [3.63, 3.8) is 0 Å². The quantitative estimate of drug-likeness (QED) is 0.583. The maximum absolute atomic E-state index is 13.5. The van der Waals surface area contributed by atoms with Gasteiger partial charge in [-0.1, -0.05) is 17.7 Å². The maximum Gasteiger partial charge on any atom is 0.146 e. The normalized spacial score (nSPS) is 10.7. The van der Waals surface area contributed by atoms with E-state index in [0.29, 0.717) is 16.5 Å². The van der Waals surface area contributed by atoms with Crippen LogP contribution in [0.2, 0.25) is 5.15 Å². The third-order valence-electron chi connectivity index (χ3n) is 2.39. The number of halogens is 4. The van der Waals surface area contributed by atoms with E-state index in [-0.39, 0.29) is 6.42 Å². The van der Waals surface area contributed by atoms with Crippen molar-refractivity contribution in [2.24, 2.45) is 0 Å². The number of rotatable bonds is 2. The molecule has 0 aliphatic heterocycles. The molecule has 6 heteroatoms. The molecule has 0 aliphatic rings. The Kier molecular flexibility index (Phi) is 4.11. The van der Waals surface area contributed by atoms with E-state index in [2.05, 4.69) is 9.97 Å². The fraction of sp³-hybridized carbons (Fsp3) is 0.167. The molecule has 0 saturated carbocycles. The van der Waals surface area contributed by atoms with Crippen molar-refractivity contribution >= 4 is 34.2 Å². The highest BCUT2D eigenvalue weighted by atomic mass is 127. The summed E-state index contributed by atoms with van der Waals surface area (Å²) in [5.41, 5.74) is 1.08. The van der Waals surface area contributed by atoms with Crippen LogP contribution in [0.15, 0.2) is 18.2 Å². The van der Waals surface area contributed by atoms with Crippen LogP contribution in [0.4, 0.5) is 8.78 Å². The average molecular weight is 381 g/mol. The van der Waals surface area contributed by atoms with Crippen molar-refractivity contribution < 1.29 is 8.78 Å². The van der Waals surface area contributed by atoms with E-state index in [0.717, 1.165) is 15.3 Å². The fourth-order valence-corrected chi connectivity index (χ4v) is 1.97. The zero-order valence-electron chi connectivity index (χ0n) is 9.35. The van der Waals surface area contributed by atoms with Crippen LogP contribution in [0.3, 0.4) is 0 Å². The topological polar surface area (TPSA) is 25.8 Å². The summed E-state index contributed by atoms with van der Waals surface area (Å²) >= 11 is 7.98. The zero-order valence-corrected chi connectivity index (χ0v) is 12.3. The van der Waals surface area contributed by atoms with Crippen molar-refractivity contribution in [1.29, 1.82) is 0 Å². The molecule has 0 aliphatic carbocycles. The smallest absolute Gasteiger partial charge is 0.146 e. The van der Waals surface area contributed by atoms with Gasteiger partial charge >= 0.3 is 0 Å². The molecule has 0 saturated heterocycles. The van der Waals surface area contributed by atoms with Crippen molar-refractivity contribution in [1.82, 2.24) is 9.97 Å².